The molecule has 1 aliphatic heterocycles. The van der Waals surface area contributed by atoms with Gasteiger partial charge in [0, 0.05) is 19.2 Å². The van der Waals surface area contributed by atoms with Gasteiger partial charge in [0.05, 0.1) is 0 Å². The summed E-state index contributed by atoms with van der Waals surface area (Å²) < 4.78 is 0. The summed E-state index contributed by atoms with van der Waals surface area (Å²) in [7, 11) is 0. The van der Waals surface area contributed by atoms with Crippen LogP contribution in [0.2, 0.25) is 0 Å². The van der Waals surface area contributed by atoms with Crippen molar-refractivity contribution in [2.24, 2.45) is 0 Å². The quantitative estimate of drug-likeness (QED) is 0.810. The van der Waals surface area contributed by atoms with Crippen LogP contribution in [0.5, 0.6) is 0 Å². The third-order valence-electron chi connectivity index (χ3n) is 2.75. The smallest absolute Gasteiger partial charge is 0.322 e. The van der Waals surface area contributed by atoms with Gasteiger partial charge in [-0.1, -0.05) is 0 Å². The van der Waals surface area contributed by atoms with Gasteiger partial charge in [-0.25, -0.2) is 9.97 Å². The molecule has 2 heterocycles. The van der Waals surface area contributed by atoms with Crippen LogP contribution in [-0.4, -0.2) is 40.7 Å². The predicted octanol–water partition coefficient (Wildman–Crippen LogP) is 0.963. The molecule has 6 nitrogen and oxygen atoms in total. The first-order valence-electron chi connectivity index (χ1n) is 5.78. The molecular weight excluding hydrogens is 220 g/mol. The Hall–Kier alpha value is -1.85. The molecule has 6 heteroatoms. The molecular formula is C11H16N4O2. The fraction of sp³-hybridized carbons (Fsp3) is 0.545. The van der Waals surface area contributed by atoms with E-state index in [9.17, 15) is 4.79 Å². The molecule has 0 bridgehead atoms. The molecule has 0 aliphatic carbocycles. The Labute approximate surface area is 99.7 Å². The van der Waals surface area contributed by atoms with E-state index in [0.717, 1.165) is 18.9 Å². The number of nitrogens with zero attached hydrogens (tertiary/aromatic N) is 3. The molecule has 1 aromatic heterocycles. The third-order valence-corrected chi connectivity index (χ3v) is 2.75. The van der Waals surface area contributed by atoms with Crippen LogP contribution in [0, 0.1) is 0 Å². The lowest BCUT2D eigenvalue weighted by Crippen LogP contribution is -2.30. The summed E-state index contributed by atoms with van der Waals surface area (Å²) in [6.45, 7) is 1.89. The van der Waals surface area contributed by atoms with Crippen LogP contribution in [0.3, 0.4) is 0 Å². The van der Waals surface area contributed by atoms with Crippen molar-refractivity contribution in [3.05, 3.63) is 12.4 Å². The summed E-state index contributed by atoms with van der Waals surface area (Å²) in [4.78, 5) is 20.9. The van der Waals surface area contributed by atoms with Gasteiger partial charge in [0.15, 0.2) is 0 Å². The van der Waals surface area contributed by atoms with Gasteiger partial charge in [-0.05, 0) is 19.3 Å². The summed E-state index contributed by atoms with van der Waals surface area (Å²) in [5.41, 5.74) is 0. The predicted molar refractivity (Wildman–Crippen MR) is 64.2 cm³/mol. The zero-order valence-corrected chi connectivity index (χ0v) is 9.59. The van der Waals surface area contributed by atoms with E-state index < -0.39 is 5.97 Å². The van der Waals surface area contributed by atoms with Crippen LogP contribution < -0.4 is 10.2 Å². The lowest BCUT2D eigenvalue weighted by molar-refractivity contribution is -0.134. The van der Waals surface area contributed by atoms with Crippen molar-refractivity contribution in [1.29, 1.82) is 0 Å². The normalized spacial score (nSPS) is 15.6. The Morgan fingerprint density at radius 1 is 1.35 bits per heavy atom. The molecule has 0 saturated carbocycles. The average molecular weight is 236 g/mol. The highest BCUT2D eigenvalue weighted by molar-refractivity contribution is 5.72. The molecule has 0 radical (unpaired) electrons. The number of aromatic nitrogens is 2. The minimum absolute atomic E-state index is 0.129. The minimum atomic E-state index is -0.900. The highest BCUT2D eigenvalue weighted by Gasteiger charge is 2.12. The first-order chi connectivity index (χ1) is 8.25. The number of carbonyl (C=O) groups is 1. The third kappa shape index (κ3) is 3.30. The average Bonchev–Trinajstić information content (AvgIpc) is 2.38. The Kier molecular flexibility index (Phi) is 3.74. The van der Waals surface area contributed by atoms with Gasteiger partial charge in [-0.2, -0.15) is 0 Å². The van der Waals surface area contributed by atoms with Gasteiger partial charge < -0.3 is 15.3 Å². The fourth-order valence-electron chi connectivity index (χ4n) is 1.91. The van der Waals surface area contributed by atoms with E-state index in [-0.39, 0.29) is 6.54 Å². The highest BCUT2D eigenvalue weighted by atomic mass is 16.4. The van der Waals surface area contributed by atoms with Crippen LogP contribution in [0.25, 0.3) is 0 Å². The van der Waals surface area contributed by atoms with Crippen LogP contribution in [0.4, 0.5) is 11.6 Å². The Balaban J connectivity index is 2.02. The molecule has 1 aromatic rings. The maximum atomic E-state index is 10.4. The van der Waals surface area contributed by atoms with Gasteiger partial charge in [0.2, 0.25) is 0 Å². The van der Waals surface area contributed by atoms with E-state index in [1.165, 1.54) is 25.6 Å². The number of carboxylic acids is 1. The Morgan fingerprint density at radius 3 is 2.82 bits per heavy atom. The monoisotopic (exact) mass is 236 g/mol. The highest BCUT2D eigenvalue weighted by Crippen LogP contribution is 2.18. The summed E-state index contributed by atoms with van der Waals surface area (Å²) in [5.74, 6) is 0.527. The zero-order chi connectivity index (χ0) is 12.1. The van der Waals surface area contributed by atoms with Gasteiger partial charge >= 0.3 is 5.97 Å². The summed E-state index contributed by atoms with van der Waals surface area (Å²) >= 11 is 0. The molecule has 0 spiro atoms. The Morgan fingerprint density at radius 2 is 2.12 bits per heavy atom. The second kappa shape index (κ2) is 5.47. The molecule has 1 saturated heterocycles. The molecule has 17 heavy (non-hydrogen) atoms. The van der Waals surface area contributed by atoms with Crippen LogP contribution >= 0.6 is 0 Å². The standard InChI is InChI=1S/C11H16N4O2/c16-11(17)7-12-9-6-10(14-8-13-9)15-4-2-1-3-5-15/h6,8H,1-5,7H2,(H,16,17)(H,12,13,14). The molecule has 0 aromatic carbocycles. The summed E-state index contributed by atoms with van der Waals surface area (Å²) in [6.07, 6.45) is 5.10. The molecule has 1 fully saturated rings. The van der Waals surface area contributed by atoms with Crippen molar-refractivity contribution in [3.63, 3.8) is 0 Å². The second-order valence-corrected chi connectivity index (χ2v) is 4.06. The summed E-state index contributed by atoms with van der Waals surface area (Å²) in [6, 6.07) is 1.80. The van der Waals surface area contributed by atoms with Crippen molar-refractivity contribution < 1.29 is 9.90 Å². The van der Waals surface area contributed by atoms with E-state index in [2.05, 4.69) is 20.2 Å². The molecule has 92 valence electrons. The number of anilines is 2. The van der Waals surface area contributed by atoms with Crippen LogP contribution in [0.1, 0.15) is 19.3 Å². The van der Waals surface area contributed by atoms with Gasteiger partial charge in [-0.15, -0.1) is 0 Å². The van der Waals surface area contributed by atoms with E-state index in [1.54, 1.807) is 6.07 Å². The maximum Gasteiger partial charge on any atom is 0.322 e. The molecule has 1 aliphatic rings. The van der Waals surface area contributed by atoms with Gasteiger partial charge in [-0.3, -0.25) is 4.79 Å². The van der Waals surface area contributed by atoms with Crippen molar-refractivity contribution in [1.82, 2.24) is 9.97 Å². The van der Waals surface area contributed by atoms with Crippen molar-refractivity contribution >= 4 is 17.6 Å². The largest absolute Gasteiger partial charge is 0.480 e. The maximum absolute atomic E-state index is 10.4. The summed E-state index contributed by atoms with van der Waals surface area (Å²) in [5, 5.41) is 11.3. The van der Waals surface area contributed by atoms with Crippen molar-refractivity contribution in [3.8, 4) is 0 Å². The van der Waals surface area contributed by atoms with Crippen molar-refractivity contribution in [2.45, 2.75) is 19.3 Å². The van der Waals surface area contributed by atoms with Crippen LogP contribution in [-0.2, 0) is 4.79 Å². The van der Waals surface area contributed by atoms with Crippen LogP contribution in [0.15, 0.2) is 12.4 Å². The molecule has 0 atom stereocenters. The second-order valence-electron chi connectivity index (χ2n) is 4.06. The number of hydrogen-bond acceptors (Lipinski definition) is 5. The molecule has 2 N–H and O–H groups in total. The molecule has 0 amide bonds. The Bertz CT molecular complexity index is 391. The number of piperidine rings is 1. The molecule has 2 rings (SSSR count). The minimum Gasteiger partial charge on any atom is -0.480 e. The lowest BCUT2D eigenvalue weighted by atomic mass is 10.1. The number of nitrogens with one attached hydrogen (secondary N) is 1. The van der Waals surface area contributed by atoms with E-state index in [1.807, 2.05) is 0 Å². The lowest BCUT2D eigenvalue weighted by Gasteiger charge is -2.27. The number of carboxylic acid groups (broad SMARTS) is 1. The SMILES string of the molecule is O=C(O)CNc1cc(N2CCCCC2)ncn1. The first kappa shape index (κ1) is 11.6. The number of aliphatic carboxylic acids is 1. The van der Waals surface area contributed by atoms with Gasteiger partial charge in [0.25, 0.3) is 0 Å². The van der Waals surface area contributed by atoms with E-state index >= 15 is 0 Å². The zero-order valence-electron chi connectivity index (χ0n) is 9.59. The fourth-order valence-corrected chi connectivity index (χ4v) is 1.91. The molecule has 0 unspecified atom stereocenters. The first-order valence-corrected chi connectivity index (χ1v) is 5.78. The number of rotatable bonds is 4. The van der Waals surface area contributed by atoms with E-state index in [4.69, 9.17) is 5.11 Å². The van der Waals surface area contributed by atoms with Gasteiger partial charge in [0.1, 0.15) is 24.5 Å². The topological polar surface area (TPSA) is 78.4 Å². The van der Waals surface area contributed by atoms with Crippen molar-refractivity contribution in [2.75, 3.05) is 29.9 Å². The van der Waals surface area contributed by atoms with E-state index in [0.29, 0.717) is 5.82 Å². The number of hydrogen-bond donors (Lipinski definition) is 2.